The van der Waals surface area contributed by atoms with Crippen LogP contribution >= 0.6 is 0 Å². The SMILES string of the molecule is CC.CCCC(CCC)Nc1ccccc1C(CCC)CCC.[HH]. The fourth-order valence-electron chi connectivity index (χ4n) is 3.34. The van der Waals surface area contributed by atoms with Gasteiger partial charge >= 0.3 is 0 Å². The van der Waals surface area contributed by atoms with Gasteiger partial charge in [-0.2, -0.15) is 0 Å². The third-order valence-corrected chi connectivity index (χ3v) is 4.31. The zero-order chi connectivity index (χ0) is 17.5. The monoisotopic (exact) mass is 321 g/mol. The molecule has 1 aromatic rings. The van der Waals surface area contributed by atoms with Crippen LogP contribution in [0.3, 0.4) is 0 Å². The molecule has 0 fully saturated rings. The lowest BCUT2D eigenvalue weighted by atomic mass is 9.89. The fourth-order valence-corrected chi connectivity index (χ4v) is 3.34. The van der Waals surface area contributed by atoms with E-state index in [0.29, 0.717) is 12.0 Å². The summed E-state index contributed by atoms with van der Waals surface area (Å²) in [5, 5.41) is 3.85. The van der Waals surface area contributed by atoms with Crippen LogP contribution in [-0.4, -0.2) is 6.04 Å². The predicted molar refractivity (Wildman–Crippen MR) is 110 cm³/mol. The molecule has 1 heteroatoms. The van der Waals surface area contributed by atoms with Gasteiger partial charge in [0.15, 0.2) is 0 Å². The molecule has 23 heavy (non-hydrogen) atoms. The maximum absolute atomic E-state index is 3.85. The Morgan fingerprint density at radius 2 is 1.26 bits per heavy atom. The van der Waals surface area contributed by atoms with Crippen molar-refractivity contribution in [2.75, 3.05) is 5.32 Å². The van der Waals surface area contributed by atoms with Crippen molar-refractivity contribution in [1.82, 2.24) is 0 Å². The summed E-state index contributed by atoms with van der Waals surface area (Å²) in [5.41, 5.74) is 2.93. The molecule has 0 spiro atoms. The standard InChI is InChI=1S/C20H35N.C2H6.H2/c1-5-11-17(12-6-2)19-15-9-10-16-20(19)21-18(13-7-3)14-8-4;1-2;/h9-10,15-18,21H,5-8,11-14H2,1-4H3;1-2H3;1H. The van der Waals surface area contributed by atoms with Gasteiger partial charge in [0.1, 0.15) is 0 Å². The predicted octanol–water partition coefficient (Wildman–Crippen LogP) is 8.02. The molecular weight excluding hydrogens is 278 g/mol. The van der Waals surface area contributed by atoms with Crippen LogP contribution in [0.4, 0.5) is 5.69 Å². The lowest BCUT2D eigenvalue weighted by molar-refractivity contribution is 0.556. The van der Waals surface area contributed by atoms with Crippen molar-refractivity contribution in [2.45, 2.75) is 105 Å². The Morgan fingerprint density at radius 3 is 1.74 bits per heavy atom. The minimum Gasteiger partial charge on any atom is -0.382 e. The highest BCUT2D eigenvalue weighted by Crippen LogP contribution is 2.32. The summed E-state index contributed by atoms with van der Waals surface area (Å²) < 4.78 is 0. The molecule has 0 aliphatic carbocycles. The Balaban J connectivity index is 0. The number of para-hydroxylation sites is 1. The van der Waals surface area contributed by atoms with Crippen LogP contribution in [0.25, 0.3) is 0 Å². The maximum Gasteiger partial charge on any atom is 0.0377 e. The summed E-state index contributed by atoms with van der Waals surface area (Å²) in [5.74, 6) is 0.715. The molecule has 0 aliphatic heterocycles. The lowest BCUT2D eigenvalue weighted by Gasteiger charge is -2.25. The van der Waals surface area contributed by atoms with Crippen molar-refractivity contribution < 1.29 is 1.43 Å². The molecule has 0 saturated heterocycles. The largest absolute Gasteiger partial charge is 0.382 e. The summed E-state index contributed by atoms with van der Waals surface area (Å²) >= 11 is 0. The Kier molecular flexibility index (Phi) is 14.0. The quantitative estimate of drug-likeness (QED) is 0.435. The van der Waals surface area contributed by atoms with Crippen molar-refractivity contribution in [3.05, 3.63) is 29.8 Å². The molecule has 0 unspecified atom stereocenters. The first-order valence-corrected chi connectivity index (χ1v) is 10.1. The number of hydrogen-bond acceptors (Lipinski definition) is 1. The van der Waals surface area contributed by atoms with Crippen LogP contribution in [0.1, 0.15) is 106 Å². The zero-order valence-electron chi connectivity index (χ0n) is 16.6. The molecule has 1 N–H and O–H groups in total. The summed E-state index contributed by atoms with van der Waals surface area (Å²) in [6.07, 6.45) is 10.2. The molecule has 0 heterocycles. The average molecular weight is 322 g/mol. The van der Waals surface area contributed by atoms with E-state index >= 15 is 0 Å². The van der Waals surface area contributed by atoms with E-state index in [9.17, 15) is 0 Å². The minimum atomic E-state index is 0. The molecule has 0 amide bonds. The van der Waals surface area contributed by atoms with E-state index in [1.165, 1.54) is 57.1 Å². The van der Waals surface area contributed by atoms with Gasteiger partial charge in [0, 0.05) is 13.2 Å². The van der Waals surface area contributed by atoms with E-state index in [0.717, 1.165) is 0 Å². The highest BCUT2D eigenvalue weighted by atomic mass is 14.9. The molecular formula is C22H43N. The molecule has 0 aliphatic rings. The maximum atomic E-state index is 3.85. The summed E-state index contributed by atoms with van der Waals surface area (Å²) in [7, 11) is 0. The smallest absolute Gasteiger partial charge is 0.0377 e. The second kappa shape index (κ2) is 14.6. The first-order valence-electron chi connectivity index (χ1n) is 10.1. The van der Waals surface area contributed by atoms with E-state index in [1.54, 1.807) is 5.56 Å². The highest BCUT2D eigenvalue weighted by molar-refractivity contribution is 5.53. The van der Waals surface area contributed by atoms with E-state index in [4.69, 9.17) is 0 Å². The first-order chi connectivity index (χ1) is 11.3. The van der Waals surface area contributed by atoms with E-state index in [1.807, 2.05) is 13.8 Å². The molecule has 136 valence electrons. The van der Waals surface area contributed by atoms with Crippen LogP contribution in [-0.2, 0) is 0 Å². The number of benzene rings is 1. The second-order valence-electron chi connectivity index (χ2n) is 6.28. The van der Waals surface area contributed by atoms with Gasteiger partial charge in [-0.1, -0.05) is 85.4 Å². The van der Waals surface area contributed by atoms with Gasteiger partial charge in [0.2, 0.25) is 0 Å². The normalized spacial score (nSPS) is 10.6. The molecule has 1 aromatic carbocycles. The van der Waals surface area contributed by atoms with Gasteiger partial charge < -0.3 is 5.32 Å². The number of rotatable bonds is 11. The van der Waals surface area contributed by atoms with Crippen molar-refractivity contribution in [2.24, 2.45) is 0 Å². The average Bonchev–Trinajstić information content (AvgIpc) is 2.57. The number of hydrogen-bond donors (Lipinski definition) is 1. The minimum absolute atomic E-state index is 0. The van der Waals surface area contributed by atoms with Gasteiger partial charge in [0.05, 0.1) is 0 Å². The summed E-state index contributed by atoms with van der Waals surface area (Å²) in [6, 6.07) is 9.63. The Morgan fingerprint density at radius 1 is 0.783 bits per heavy atom. The molecule has 0 aromatic heterocycles. The topological polar surface area (TPSA) is 12.0 Å². The molecule has 1 rings (SSSR count). The van der Waals surface area contributed by atoms with Crippen molar-refractivity contribution in [3.63, 3.8) is 0 Å². The van der Waals surface area contributed by atoms with Crippen LogP contribution in [0.2, 0.25) is 0 Å². The number of anilines is 1. The van der Waals surface area contributed by atoms with Gasteiger partial charge in [-0.05, 0) is 43.2 Å². The number of nitrogens with one attached hydrogen (secondary N) is 1. The summed E-state index contributed by atoms with van der Waals surface area (Å²) in [6.45, 7) is 13.2. The van der Waals surface area contributed by atoms with Crippen LogP contribution in [0, 0.1) is 0 Å². The van der Waals surface area contributed by atoms with Crippen molar-refractivity contribution in [1.29, 1.82) is 0 Å². The fraction of sp³-hybridized carbons (Fsp3) is 0.727. The second-order valence-corrected chi connectivity index (χ2v) is 6.28. The van der Waals surface area contributed by atoms with E-state index in [2.05, 4.69) is 57.3 Å². The Labute approximate surface area is 147 Å². The van der Waals surface area contributed by atoms with Crippen LogP contribution in [0.5, 0.6) is 0 Å². The third-order valence-electron chi connectivity index (χ3n) is 4.31. The van der Waals surface area contributed by atoms with Gasteiger partial charge in [-0.15, -0.1) is 0 Å². The molecule has 0 radical (unpaired) electrons. The molecule has 0 bridgehead atoms. The van der Waals surface area contributed by atoms with Crippen molar-refractivity contribution >= 4 is 5.69 Å². The summed E-state index contributed by atoms with van der Waals surface area (Å²) in [4.78, 5) is 0. The lowest BCUT2D eigenvalue weighted by Crippen LogP contribution is -2.20. The van der Waals surface area contributed by atoms with Gasteiger partial charge in [-0.25, -0.2) is 0 Å². The molecule has 1 nitrogen and oxygen atoms in total. The van der Waals surface area contributed by atoms with Gasteiger partial charge in [0.25, 0.3) is 0 Å². The molecule has 0 saturated carbocycles. The molecule has 0 atom stereocenters. The van der Waals surface area contributed by atoms with Crippen LogP contribution in [0.15, 0.2) is 24.3 Å². The third kappa shape index (κ3) is 8.44. The van der Waals surface area contributed by atoms with E-state index in [-0.39, 0.29) is 1.43 Å². The van der Waals surface area contributed by atoms with Crippen LogP contribution < -0.4 is 5.32 Å². The Bertz CT molecular complexity index is 366. The Hall–Kier alpha value is -0.980. The van der Waals surface area contributed by atoms with Gasteiger partial charge in [-0.3, -0.25) is 0 Å². The van der Waals surface area contributed by atoms with E-state index < -0.39 is 0 Å². The zero-order valence-corrected chi connectivity index (χ0v) is 16.6. The highest BCUT2D eigenvalue weighted by Gasteiger charge is 2.15. The first kappa shape index (κ1) is 22.0. The van der Waals surface area contributed by atoms with Crippen molar-refractivity contribution in [3.8, 4) is 0 Å².